The van der Waals surface area contributed by atoms with Crippen LogP contribution in [0.2, 0.25) is 0 Å². The second-order valence-corrected chi connectivity index (χ2v) is 4.89. The Kier molecular flexibility index (Phi) is 3.58. The number of hydrogen-bond donors (Lipinski definition) is 1. The van der Waals surface area contributed by atoms with Crippen LogP contribution < -0.4 is 5.32 Å². The number of hydrogen-bond acceptors (Lipinski definition) is 3. The number of carbonyl (C=O) groups is 1. The van der Waals surface area contributed by atoms with Crippen molar-refractivity contribution in [3.05, 3.63) is 49.2 Å². The van der Waals surface area contributed by atoms with Crippen LogP contribution >= 0.6 is 0 Å². The van der Waals surface area contributed by atoms with Gasteiger partial charge in [0.05, 0.1) is 11.9 Å². The molecule has 1 N–H and O–H groups in total. The topological polar surface area (TPSA) is 59.8 Å². The Labute approximate surface area is 117 Å². The molecular weight excluding hydrogens is 252 g/mol. The van der Waals surface area contributed by atoms with E-state index < -0.39 is 0 Å². The molecule has 2 aromatic rings. The van der Waals surface area contributed by atoms with E-state index in [1.54, 1.807) is 18.7 Å². The summed E-state index contributed by atoms with van der Waals surface area (Å²) < 4.78 is 1.81. The fourth-order valence-corrected chi connectivity index (χ4v) is 2.32. The summed E-state index contributed by atoms with van der Waals surface area (Å²) in [5.41, 5.74) is 0.723. The van der Waals surface area contributed by atoms with Crippen LogP contribution in [-0.4, -0.2) is 20.4 Å². The highest BCUT2D eigenvalue weighted by atomic mass is 16.1. The predicted octanol–water partition coefficient (Wildman–Crippen LogP) is 2.56. The van der Waals surface area contributed by atoms with Crippen molar-refractivity contribution in [1.82, 2.24) is 14.5 Å². The van der Waals surface area contributed by atoms with Crippen molar-refractivity contribution in [3.63, 3.8) is 0 Å². The summed E-state index contributed by atoms with van der Waals surface area (Å²) in [4.78, 5) is 20.2. The Bertz CT molecular complexity index is 601. The number of carbonyl (C=O) groups excluding carboxylic acids is 1. The van der Waals surface area contributed by atoms with Crippen LogP contribution in [-0.2, 0) is 4.79 Å². The molecular formula is C15H16N4O. The van der Waals surface area contributed by atoms with Gasteiger partial charge in [0.1, 0.15) is 12.1 Å². The molecule has 5 nitrogen and oxygen atoms in total. The Morgan fingerprint density at radius 3 is 3.05 bits per heavy atom. The standard InChI is InChI=1S/C15H16N4O/c20-15(9-12-3-1-2-4-12)18-13-5-6-14(17-10-13)19-8-7-16-11-19/h1,3,5-8,10-12H,2,4,9H2,(H,18,20). The van der Waals surface area contributed by atoms with E-state index in [1.165, 1.54) is 0 Å². The number of aromatic nitrogens is 3. The van der Waals surface area contributed by atoms with Gasteiger partial charge < -0.3 is 5.32 Å². The quantitative estimate of drug-likeness (QED) is 0.867. The molecule has 1 amide bonds. The number of allylic oxidation sites excluding steroid dienone is 2. The Balaban J connectivity index is 1.60. The predicted molar refractivity (Wildman–Crippen MR) is 76.5 cm³/mol. The third-order valence-electron chi connectivity index (χ3n) is 3.36. The molecule has 20 heavy (non-hydrogen) atoms. The Morgan fingerprint density at radius 1 is 1.45 bits per heavy atom. The third kappa shape index (κ3) is 2.93. The number of rotatable bonds is 4. The lowest BCUT2D eigenvalue weighted by Crippen LogP contribution is -2.15. The molecule has 0 aliphatic heterocycles. The SMILES string of the molecule is O=C(CC1C=CCC1)Nc1ccc(-n2ccnc2)nc1. The molecule has 1 aliphatic carbocycles. The fraction of sp³-hybridized carbons (Fsp3) is 0.267. The fourth-order valence-electron chi connectivity index (χ4n) is 2.32. The molecule has 2 aromatic heterocycles. The van der Waals surface area contributed by atoms with Gasteiger partial charge in [0.2, 0.25) is 5.91 Å². The number of imidazole rings is 1. The van der Waals surface area contributed by atoms with E-state index in [-0.39, 0.29) is 5.91 Å². The minimum atomic E-state index is 0.0405. The smallest absolute Gasteiger partial charge is 0.225 e. The van der Waals surface area contributed by atoms with E-state index in [4.69, 9.17) is 0 Å². The molecule has 0 bridgehead atoms. The van der Waals surface area contributed by atoms with Crippen molar-refractivity contribution in [2.24, 2.45) is 5.92 Å². The van der Waals surface area contributed by atoms with Crippen molar-refractivity contribution >= 4 is 11.6 Å². The van der Waals surface area contributed by atoms with E-state index in [0.717, 1.165) is 24.3 Å². The number of amides is 1. The summed E-state index contributed by atoms with van der Waals surface area (Å²) in [6.07, 6.45) is 13.8. The highest BCUT2D eigenvalue weighted by Crippen LogP contribution is 2.21. The highest BCUT2D eigenvalue weighted by Gasteiger charge is 2.14. The molecule has 0 aromatic carbocycles. The van der Waals surface area contributed by atoms with Crippen LogP contribution in [0, 0.1) is 5.92 Å². The molecule has 102 valence electrons. The lowest BCUT2D eigenvalue weighted by molar-refractivity contribution is -0.116. The maximum Gasteiger partial charge on any atom is 0.225 e. The van der Waals surface area contributed by atoms with Gasteiger partial charge in [-0.25, -0.2) is 9.97 Å². The van der Waals surface area contributed by atoms with Crippen molar-refractivity contribution in [3.8, 4) is 5.82 Å². The third-order valence-corrected chi connectivity index (χ3v) is 3.36. The van der Waals surface area contributed by atoms with Gasteiger partial charge in [-0.15, -0.1) is 0 Å². The second-order valence-electron chi connectivity index (χ2n) is 4.89. The average molecular weight is 268 g/mol. The Hall–Kier alpha value is -2.43. The first-order valence-corrected chi connectivity index (χ1v) is 6.72. The zero-order valence-corrected chi connectivity index (χ0v) is 11.1. The molecule has 0 saturated heterocycles. The van der Waals surface area contributed by atoms with Gasteiger partial charge in [-0.05, 0) is 30.9 Å². The normalized spacial score (nSPS) is 17.3. The van der Waals surface area contributed by atoms with E-state index in [0.29, 0.717) is 12.3 Å². The molecule has 1 unspecified atom stereocenters. The summed E-state index contributed by atoms with van der Waals surface area (Å²) in [5, 5.41) is 2.88. The summed E-state index contributed by atoms with van der Waals surface area (Å²) in [7, 11) is 0. The summed E-state index contributed by atoms with van der Waals surface area (Å²) in [6, 6.07) is 3.71. The van der Waals surface area contributed by atoms with Gasteiger partial charge in [-0.1, -0.05) is 12.2 Å². The minimum Gasteiger partial charge on any atom is -0.325 e. The first-order valence-electron chi connectivity index (χ1n) is 6.72. The van der Waals surface area contributed by atoms with Crippen molar-refractivity contribution < 1.29 is 4.79 Å². The van der Waals surface area contributed by atoms with E-state index >= 15 is 0 Å². The first kappa shape index (κ1) is 12.6. The first-order chi connectivity index (χ1) is 9.81. The molecule has 3 rings (SSSR count). The van der Waals surface area contributed by atoms with Crippen LogP contribution in [0.15, 0.2) is 49.2 Å². The largest absolute Gasteiger partial charge is 0.325 e. The molecule has 1 aliphatic rings. The van der Waals surface area contributed by atoms with Crippen LogP contribution in [0.5, 0.6) is 0 Å². The van der Waals surface area contributed by atoms with Crippen molar-refractivity contribution in [2.75, 3.05) is 5.32 Å². The van der Waals surface area contributed by atoms with Crippen molar-refractivity contribution in [2.45, 2.75) is 19.3 Å². The van der Waals surface area contributed by atoms with E-state index in [1.807, 2.05) is 22.9 Å². The van der Waals surface area contributed by atoms with Crippen LogP contribution in [0.4, 0.5) is 5.69 Å². The monoisotopic (exact) mass is 268 g/mol. The molecule has 0 spiro atoms. The highest BCUT2D eigenvalue weighted by molar-refractivity contribution is 5.90. The Morgan fingerprint density at radius 2 is 2.40 bits per heavy atom. The maximum absolute atomic E-state index is 11.9. The zero-order valence-electron chi connectivity index (χ0n) is 11.1. The number of pyridine rings is 1. The lowest BCUT2D eigenvalue weighted by Gasteiger charge is -2.09. The van der Waals surface area contributed by atoms with Crippen LogP contribution in [0.3, 0.4) is 0 Å². The van der Waals surface area contributed by atoms with Crippen LogP contribution in [0.1, 0.15) is 19.3 Å². The summed E-state index contributed by atoms with van der Waals surface area (Å²) in [5.74, 6) is 1.20. The zero-order chi connectivity index (χ0) is 13.8. The van der Waals surface area contributed by atoms with Crippen LogP contribution in [0.25, 0.3) is 5.82 Å². The van der Waals surface area contributed by atoms with Crippen molar-refractivity contribution in [1.29, 1.82) is 0 Å². The summed E-state index contributed by atoms with van der Waals surface area (Å²) >= 11 is 0. The molecule has 1 atom stereocenters. The van der Waals surface area contributed by atoms with Gasteiger partial charge in [0, 0.05) is 18.8 Å². The van der Waals surface area contributed by atoms with E-state index in [9.17, 15) is 4.79 Å². The van der Waals surface area contributed by atoms with Gasteiger partial charge in [-0.3, -0.25) is 9.36 Å². The van der Waals surface area contributed by atoms with Gasteiger partial charge in [-0.2, -0.15) is 0 Å². The van der Waals surface area contributed by atoms with Gasteiger partial charge >= 0.3 is 0 Å². The van der Waals surface area contributed by atoms with Gasteiger partial charge in [0.25, 0.3) is 0 Å². The molecule has 0 saturated carbocycles. The average Bonchev–Trinajstić information content (AvgIpc) is 3.12. The molecule has 2 heterocycles. The van der Waals surface area contributed by atoms with E-state index in [2.05, 4.69) is 27.4 Å². The molecule has 0 fully saturated rings. The number of nitrogens with one attached hydrogen (secondary N) is 1. The molecule has 0 radical (unpaired) electrons. The van der Waals surface area contributed by atoms with Gasteiger partial charge in [0.15, 0.2) is 0 Å². The second kappa shape index (κ2) is 5.69. The maximum atomic E-state index is 11.9. The lowest BCUT2D eigenvalue weighted by atomic mass is 10.1. The minimum absolute atomic E-state index is 0.0405. The number of anilines is 1. The molecule has 5 heteroatoms. The number of nitrogens with zero attached hydrogens (tertiary/aromatic N) is 3. The summed E-state index contributed by atoms with van der Waals surface area (Å²) in [6.45, 7) is 0.